The van der Waals surface area contributed by atoms with Gasteiger partial charge in [0.2, 0.25) is 0 Å². The van der Waals surface area contributed by atoms with E-state index in [-0.39, 0.29) is 5.75 Å². The fraction of sp³-hybridized carbons (Fsp3) is 0.500. The molecule has 0 aliphatic heterocycles. The van der Waals surface area contributed by atoms with Crippen molar-refractivity contribution in [3.05, 3.63) is 23.8 Å². The first-order chi connectivity index (χ1) is 7.63. The quantitative estimate of drug-likeness (QED) is 0.575. The fourth-order valence-corrected chi connectivity index (χ4v) is 1.17. The maximum atomic E-state index is 9.66. The van der Waals surface area contributed by atoms with Crippen LogP contribution in [-0.2, 0) is 11.4 Å². The van der Waals surface area contributed by atoms with Crippen LogP contribution in [0.2, 0.25) is 0 Å². The molecule has 0 heterocycles. The van der Waals surface area contributed by atoms with Gasteiger partial charge in [-0.15, -0.1) is 0 Å². The van der Waals surface area contributed by atoms with Gasteiger partial charge in [0.25, 0.3) is 0 Å². The molecular weight excluding hydrogens is 206 g/mol. The molecule has 1 aromatic rings. The second kappa shape index (κ2) is 6.35. The van der Waals surface area contributed by atoms with E-state index in [9.17, 15) is 5.11 Å². The Morgan fingerprint density at radius 1 is 1.38 bits per heavy atom. The molecule has 0 fully saturated rings. The van der Waals surface area contributed by atoms with Gasteiger partial charge in [-0.3, -0.25) is 0 Å². The molecule has 4 heteroatoms. The molecule has 0 atom stereocenters. The van der Waals surface area contributed by atoms with E-state index in [0.29, 0.717) is 24.8 Å². The summed E-state index contributed by atoms with van der Waals surface area (Å²) >= 11 is 0. The normalized spacial score (nSPS) is 10.8. The zero-order valence-corrected chi connectivity index (χ0v) is 9.99. The molecule has 1 aromatic carbocycles. The Kier molecular flexibility index (Phi) is 5.08. The van der Waals surface area contributed by atoms with Crippen molar-refractivity contribution in [1.82, 2.24) is 5.48 Å². The average Bonchev–Trinajstić information content (AvgIpc) is 2.25. The Bertz CT molecular complexity index is 326. The van der Waals surface area contributed by atoms with Crippen LogP contribution in [0.5, 0.6) is 11.5 Å². The molecule has 2 N–H and O–H groups in total. The highest BCUT2D eigenvalue weighted by Gasteiger charge is 2.02. The molecule has 0 saturated heterocycles. The summed E-state index contributed by atoms with van der Waals surface area (Å²) in [6.45, 7) is 5.28. The molecule has 0 aromatic heterocycles. The molecule has 0 aliphatic rings. The number of hydrogen-bond acceptors (Lipinski definition) is 4. The molecule has 4 nitrogen and oxygen atoms in total. The van der Waals surface area contributed by atoms with Crippen LogP contribution in [0.4, 0.5) is 0 Å². The van der Waals surface area contributed by atoms with Crippen LogP contribution in [0.3, 0.4) is 0 Å². The molecule has 0 bridgehead atoms. The molecule has 0 unspecified atom stereocenters. The summed E-state index contributed by atoms with van der Waals surface area (Å²) in [4.78, 5) is 5.22. The van der Waals surface area contributed by atoms with E-state index in [4.69, 9.17) is 9.57 Å². The maximum absolute atomic E-state index is 9.66. The third-order valence-corrected chi connectivity index (χ3v) is 2.07. The van der Waals surface area contributed by atoms with Gasteiger partial charge in [0.05, 0.1) is 13.7 Å². The van der Waals surface area contributed by atoms with E-state index in [2.05, 4.69) is 19.3 Å². The number of rotatable bonds is 6. The summed E-state index contributed by atoms with van der Waals surface area (Å²) in [7, 11) is 1.57. The Hall–Kier alpha value is -1.26. The zero-order valence-electron chi connectivity index (χ0n) is 9.99. The van der Waals surface area contributed by atoms with Crippen LogP contribution in [-0.4, -0.2) is 18.8 Å². The van der Waals surface area contributed by atoms with E-state index in [1.807, 2.05) is 0 Å². The molecule has 16 heavy (non-hydrogen) atoms. The topological polar surface area (TPSA) is 50.7 Å². The van der Waals surface area contributed by atoms with Crippen LogP contribution in [0, 0.1) is 5.92 Å². The molecule has 90 valence electrons. The highest BCUT2D eigenvalue weighted by atomic mass is 16.6. The monoisotopic (exact) mass is 225 g/mol. The lowest BCUT2D eigenvalue weighted by atomic mass is 10.2. The van der Waals surface area contributed by atoms with Gasteiger partial charge in [-0.2, -0.15) is 5.48 Å². The highest BCUT2D eigenvalue weighted by molar-refractivity contribution is 5.39. The van der Waals surface area contributed by atoms with E-state index < -0.39 is 0 Å². The van der Waals surface area contributed by atoms with Gasteiger partial charge in [0.1, 0.15) is 11.5 Å². The van der Waals surface area contributed by atoms with Crippen LogP contribution < -0.4 is 10.2 Å². The minimum atomic E-state index is 0.208. The predicted molar refractivity (Wildman–Crippen MR) is 62.3 cm³/mol. The third kappa shape index (κ3) is 4.08. The molecule has 0 aliphatic carbocycles. The van der Waals surface area contributed by atoms with Crippen LogP contribution >= 0.6 is 0 Å². The summed E-state index contributed by atoms with van der Waals surface area (Å²) in [5, 5.41) is 9.66. The summed E-state index contributed by atoms with van der Waals surface area (Å²) in [5.74, 6) is 1.33. The first kappa shape index (κ1) is 12.8. The minimum absolute atomic E-state index is 0.208. The molecule has 0 amide bonds. The Morgan fingerprint density at radius 2 is 2.12 bits per heavy atom. The Morgan fingerprint density at radius 3 is 2.69 bits per heavy atom. The summed E-state index contributed by atoms with van der Waals surface area (Å²) < 4.78 is 5.00. The SMILES string of the molecule is COc1ccc(CNOCC(C)C)c(O)c1. The number of methoxy groups -OCH3 is 1. The lowest BCUT2D eigenvalue weighted by Crippen LogP contribution is -2.17. The third-order valence-electron chi connectivity index (χ3n) is 2.07. The minimum Gasteiger partial charge on any atom is -0.507 e. The smallest absolute Gasteiger partial charge is 0.123 e. The molecular formula is C12H19NO3. The van der Waals surface area contributed by atoms with Crippen molar-refractivity contribution in [2.45, 2.75) is 20.4 Å². The molecule has 1 rings (SSSR count). The van der Waals surface area contributed by atoms with Crippen molar-refractivity contribution in [3.8, 4) is 11.5 Å². The maximum Gasteiger partial charge on any atom is 0.123 e. The predicted octanol–water partition coefficient (Wildman–Crippen LogP) is 2.08. The van der Waals surface area contributed by atoms with Gasteiger partial charge in [-0.05, 0) is 12.0 Å². The van der Waals surface area contributed by atoms with Gasteiger partial charge in [0.15, 0.2) is 0 Å². The number of phenols is 1. The van der Waals surface area contributed by atoms with Gasteiger partial charge in [-0.1, -0.05) is 19.9 Å². The number of hydrogen-bond donors (Lipinski definition) is 2. The van der Waals surface area contributed by atoms with Crippen LogP contribution in [0.25, 0.3) is 0 Å². The first-order valence-electron chi connectivity index (χ1n) is 5.34. The second-order valence-electron chi connectivity index (χ2n) is 4.02. The van der Waals surface area contributed by atoms with E-state index in [0.717, 1.165) is 5.56 Å². The van der Waals surface area contributed by atoms with Crippen LogP contribution in [0.1, 0.15) is 19.4 Å². The lowest BCUT2D eigenvalue weighted by Gasteiger charge is -2.09. The molecule has 0 spiro atoms. The van der Waals surface area contributed by atoms with Crippen molar-refractivity contribution in [1.29, 1.82) is 0 Å². The summed E-state index contributed by atoms with van der Waals surface area (Å²) in [6.07, 6.45) is 0. The molecule has 0 radical (unpaired) electrons. The van der Waals surface area contributed by atoms with E-state index >= 15 is 0 Å². The number of hydroxylamine groups is 1. The number of nitrogens with one attached hydrogen (secondary N) is 1. The Labute approximate surface area is 96.1 Å². The van der Waals surface area contributed by atoms with E-state index in [1.165, 1.54) is 0 Å². The standard InChI is InChI=1S/C12H19NO3/c1-9(2)8-16-13-7-10-4-5-11(15-3)6-12(10)14/h4-6,9,13-14H,7-8H2,1-3H3. The van der Waals surface area contributed by atoms with Crippen molar-refractivity contribution < 1.29 is 14.7 Å². The molecule has 0 saturated carbocycles. The van der Waals surface area contributed by atoms with Gasteiger partial charge in [-0.25, -0.2) is 0 Å². The van der Waals surface area contributed by atoms with Gasteiger partial charge < -0.3 is 14.7 Å². The Balaban J connectivity index is 2.42. The second-order valence-corrected chi connectivity index (χ2v) is 4.02. The number of phenolic OH excluding ortho intramolecular Hbond substituents is 1. The van der Waals surface area contributed by atoms with Crippen LogP contribution in [0.15, 0.2) is 18.2 Å². The van der Waals surface area contributed by atoms with E-state index in [1.54, 1.807) is 25.3 Å². The van der Waals surface area contributed by atoms with Crippen molar-refractivity contribution in [2.75, 3.05) is 13.7 Å². The fourth-order valence-electron chi connectivity index (χ4n) is 1.17. The summed E-state index contributed by atoms with van der Waals surface area (Å²) in [6, 6.07) is 5.19. The van der Waals surface area contributed by atoms with Crippen molar-refractivity contribution in [3.63, 3.8) is 0 Å². The largest absolute Gasteiger partial charge is 0.507 e. The first-order valence-corrected chi connectivity index (χ1v) is 5.34. The number of ether oxygens (including phenoxy) is 1. The number of benzene rings is 1. The van der Waals surface area contributed by atoms with Gasteiger partial charge >= 0.3 is 0 Å². The van der Waals surface area contributed by atoms with Crippen molar-refractivity contribution in [2.24, 2.45) is 5.92 Å². The average molecular weight is 225 g/mol. The van der Waals surface area contributed by atoms with Gasteiger partial charge in [0, 0.05) is 18.2 Å². The highest BCUT2D eigenvalue weighted by Crippen LogP contribution is 2.22. The number of aromatic hydroxyl groups is 1. The lowest BCUT2D eigenvalue weighted by molar-refractivity contribution is 0.0193. The zero-order chi connectivity index (χ0) is 12.0. The van der Waals surface area contributed by atoms with Crippen molar-refractivity contribution >= 4 is 0 Å². The summed E-state index contributed by atoms with van der Waals surface area (Å²) in [5.41, 5.74) is 3.59.